The van der Waals surface area contributed by atoms with Gasteiger partial charge in [-0.1, -0.05) is 330 Å². The van der Waals surface area contributed by atoms with Crippen LogP contribution in [0.3, 0.4) is 0 Å². The Morgan fingerprint density at radius 2 is 0.396 bits per heavy atom. The number of thiophene rings is 1. The molecule has 0 aliphatic heterocycles. The highest BCUT2D eigenvalue weighted by Gasteiger charge is 2.24. The van der Waals surface area contributed by atoms with Crippen LogP contribution < -0.4 is 14.7 Å². The fraction of sp³-hybridized carbons (Fsp3) is 0.0303. The number of fused-ring (bicyclic) bond motifs is 24. The minimum atomic E-state index is 0.0937. The van der Waals surface area contributed by atoms with Crippen molar-refractivity contribution in [2.45, 2.75) is 26.2 Å². The Morgan fingerprint density at radius 1 is 0.158 bits per heavy atom. The molecule has 0 N–H and O–H groups in total. The van der Waals surface area contributed by atoms with Crippen molar-refractivity contribution in [3.8, 4) is 33.4 Å². The number of rotatable bonds is 12. The second-order valence-electron chi connectivity index (χ2n) is 37.4. The molecule has 0 fully saturated rings. The molecular formula is C132H89N3O3S. The molecule has 0 amide bonds. The summed E-state index contributed by atoms with van der Waals surface area (Å²) < 4.78 is 20.9. The first-order valence-electron chi connectivity index (χ1n) is 47.6. The van der Waals surface area contributed by atoms with Crippen molar-refractivity contribution in [2.24, 2.45) is 0 Å². The van der Waals surface area contributed by atoms with E-state index in [9.17, 15) is 0 Å². The van der Waals surface area contributed by atoms with Gasteiger partial charge in [0.05, 0.1) is 0 Å². The van der Waals surface area contributed by atoms with Crippen LogP contribution in [0.1, 0.15) is 26.3 Å². The van der Waals surface area contributed by atoms with Crippen molar-refractivity contribution in [3.05, 3.63) is 491 Å². The zero-order chi connectivity index (χ0) is 92.3. The van der Waals surface area contributed by atoms with Crippen molar-refractivity contribution < 1.29 is 13.3 Å². The van der Waals surface area contributed by atoms with E-state index in [0.717, 1.165) is 117 Å². The molecule has 4 heterocycles. The fourth-order valence-electron chi connectivity index (χ4n) is 21.0. The lowest BCUT2D eigenvalue weighted by atomic mass is 9.87. The van der Waals surface area contributed by atoms with Crippen LogP contribution in [0.25, 0.3) is 206 Å². The van der Waals surface area contributed by atoms with Crippen molar-refractivity contribution in [3.63, 3.8) is 0 Å². The molecule has 0 aliphatic rings. The van der Waals surface area contributed by atoms with E-state index in [1.54, 1.807) is 0 Å². The molecule has 0 unspecified atom stereocenters. The number of anilines is 9. The zero-order valence-electron chi connectivity index (χ0n) is 76.7. The van der Waals surface area contributed by atoms with Gasteiger partial charge in [-0.15, -0.1) is 11.3 Å². The van der Waals surface area contributed by atoms with E-state index in [1.807, 2.05) is 47.7 Å². The molecule has 24 aromatic carbocycles. The molecular weight excluding hydrogens is 1710 g/mol. The smallest absolute Gasteiger partial charge is 0.135 e. The van der Waals surface area contributed by atoms with Gasteiger partial charge in [-0.2, -0.15) is 0 Å². The number of furan rings is 3. The van der Waals surface area contributed by atoms with Gasteiger partial charge in [0.1, 0.15) is 33.5 Å². The van der Waals surface area contributed by atoms with Gasteiger partial charge in [0.2, 0.25) is 0 Å². The molecule has 0 spiro atoms. The SMILES string of the molecule is CC(C)(C)c1ccc(N(c2ccc(-c3ccc4oc5ccccc5c4c3)cc2)c2ccc3c(ccc4ccccc43)c2)cc1.c1ccc2c(c1)ccc1cc(N(c3ccc(-c4ccc5oc6ccccc6c5c4)cc3)c3ccc4c(ccc5ccccc54)c3)ccc12.c1ccc2c(c1)ccc1cc(N(c3ccc(-c4ccc5oc6ccccc6c5c4)cc3)c3ccc4sc5ccccc5c4c3)ccc12. The van der Waals surface area contributed by atoms with Crippen LogP contribution in [0, 0.1) is 0 Å². The van der Waals surface area contributed by atoms with Crippen LogP contribution in [0.4, 0.5) is 51.2 Å². The minimum Gasteiger partial charge on any atom is -0.456 e. The average molecular weight is 1800 g/mol. The number of hydrogen-bond acceptors (Lipinski definition) is 7. The van der Waals surface area contributed by atoms with Gasteiger partial charge in [0.15, 0.2) is 0 Å². The van der Waals surface area contributed by atoms with Crippen LogP contribution in [0.15, 0.2) is 499 Å². The first-order chi connectivity index (χ1) is 68.4. The van der Waals surface area contributed by atoms with Gasteiger partial charge >= 0.3 is 0 Å². The maximum atomic E-state index is 6.09. The number of nitrogens with zero attached hydrogens (tertiary/aromatic N) is 3. The summed E-state index contributed by atoms with van der Waals surface area (Å²) in [6, 6.07) is 175. The van der Waals surface area contributed by atoms with E-state index in [1.165, 1.54) is 145 Å². The summed E-state index contributed by atoms with van der Waals surface area (Å²) >= 11 is 1.85. The Kier molecular flexibility index (Phi) is 19.9. The van der Waals surface area contributed by atoms with Gasteiger partial charge in [-0.25, -0.2) is 0 Å². The largest absolute Gasteiger partial charge is 0.456 e. The van der Waals surface area contributed by atoms with E-state index in [0.29, 0.717) is 0 Å². The lowest BCUT2D eigenvalue weighted by molar-refractivity contribution is 0.590. The minimum absolute atomic E-state index is 0.0937. The molecule has 0 radical (unpaired) electrons. The number of benzene rings is 24. The van der Waals surface area contributed by atoms with Crippen LogP contribution in [0.5, 0.6) is 0 Å². The summed E-state index contributed by atoms with van der Waals surface area (Å²) in [5.74, 6) is 0. The Morgan fingerprint density at radius 3 is 0.734 bits per heavy atom. The summed E-state index contributed by atoms with van der Waals surface area (Å²) in [5.41, 5.74) is 24.1. The quantitative estimate of drug-likeness (QED) is 0.114. The Hall–Kier alpha value is -17.6. The highest BCUT2D eigenvalue weighted by atomic mass is 32.1. The van der Waals surface area contributed by atoms with Crippen molar-refractivity contribution in [1.82, 2.24) is 0 Å². The summed E-state index contributed by atoms with van der Waals surface area (Å²) in [7, 11) is 0. The van der Waals surface area contributed by atoms with Gasteiger partial charge in [0, 0.05) is 104 Å². The second-order valence-corrected chi connectivity index (χ2v) is 38.5. The topological polar surface area (TPSA) is 49.1 Å². The Labute approximate surface area is 807 Å². The molecule has 28 aromatic rings. The third kappa shape index (κ3) is 14.9. The highest BCUT2D eigenvalue weighted by Crippen LogP contribution is 2.48. The van der Waals surface area contributed by atoms with E-state index < -0.39 is 0 Å². The maximum Gasteiger partial charge on any atom is 0.135 e. The maximum absolute atomic E-state index is 6.09. The van der Waals surface area contributed by atoms with Crippen molar-refractivity contribution in [2.75, 3.05) is 14.7 Å². The molecule has 0 bridgehead atoms. The van der Waals surface area contributed by atoms with Gasteiger partial charge in [0.25, 0.3) is 0 Å². The molecule has 28 rings (SSSR count). The monoisotopic (exact) mass is 1800 g/mol. The summed E-state index contributed by atoms with van der Waals surface area (Å²) in [6.45, 7) is 6.78. The molecule has 0 saturated carbocycles. The lowest BCUT2D eigenvalue weighted by Gasteiger charge is -2.27. The third-order valence-electron chi connectivity index (χ3n) is 28.1. The summed E-state index contributed by atoms with van der Waals surface area (Å²) in [6.07, 6.45) is 0. The molecule has 139 heavy (non-hydrogen) atoms. The lowest BCUT2D eigenvalue weighted by Crippen LogP contribution is -2.13. The van der Waals surface area contributed by atoms with Crippen molar-refractivity contribution >= 4 is 235 Å². The van der Waals surface area contributed by atoms with E-state index in [4.69, 9.17) is 13.3 Å². The summed E-state index contributed by atoms with van der Waals surface area (Å²) in [4.78, 5) is 7.12. The standard InChI is InChI=1S/C46H29NO.C44H27NOS.C42H33NO/c1-3-9-39-31(7-1)13-15-34-27-37(22-24-41(34)39)47(38-23-25-42-35(28-38)16-14-32-8-2-4-10-40(32)42)36-20-17-30(18-21-36)33-19-26-46-44(29-33)43-11-5-6-12-45(43)48-46;1-2-8-35-29(7-1)13-14-31-25-33(20-22-36(31)35)45(34-21-24-44-40(27-34)38-10-4-6-12-43(38)47-44)32-18-15-28(16-19-32)30-17-23-42-39(26-30)37-9-3-5-11-41(37)46-42;1-42(2,3)32-17-21-34(22-18-32)43(35-23-24-37-31(26-35)13-12-29-8-4-5-9-36(29)37)33-19-14-28(15-20-33)30-16-25-41-39(27-30)38-10-6-7-11-40(38)44-41/h1-29H;1-27H;4-27H,1-3H3. The predicted octanol–water partition coefficient (Wildman–Crippen LogP) is 39.1. The van der Waals surface area contributed by atoms with Gasteiger partial charge in [-0.3, -0.25) is 0 Å². The van der Waals surface area contributed by atoms with Crippen molar-refractivity contribution in [1.29, 1.82) is 0 Å². The van der Waals surface area contributed by atoms with Gasteiger partial charge in [-0.05, 0) is 306 Å². The Bertz CT molecular complexity index is 9600. The van der Waals surface area contributed by atoms with Crippen LogP contribution in [0.2, 0.25) is 0 Å². The molecule has 0 atom stereocenters. The molecule has 656 valence electrons. The third-order valence-corrected chi connectivity index (χ3v) is 29.2. The van der Waals surface area contributed by atoms with Crippen LogP contribution in [-0.2, 0) is 5.41 Å². The second kappa shape index (κ2) is 33.8. The number of para-hydroxylation sites is 3. The van der Waals surface area contributed by atoms with Gasteiger partial charge < -0.3 is 28.0 Å². The van der Waals surface area contributed by atoms with E-state index in [2.05, 4.69) is 484 Å². The predicted molar refractivity (Wildman–Crippen MR) is 593 cm³/mol. The first kappa shape index (κ1) is 82.1. The van der Waals surface area contributed by atoms with E-state index in [-0.39, 0.29) is 5.41 Å². The molecule has 0 saturated heterocycles. The highest BCUT2D eigenvalue weighted by molar-refractivity contribution is 7.25. The normalized spacial score (nSPS) is 11.8. The molecule has 0 aliphatic carbocycles. The van der Waals surface area contributed by atoms with Crippen LogP contribution in [-0.4, -0.2) is 0 Å². The summed E-state index contributed by atoms with van der Waals surface area (Å²) in [5, 5.41) is 29.6. The number of hydrogen-bond donors (Lipinski definition) is 0. The molecule has 6 nitrogen and oxygen atoms in total. The molecule has 7 heteroatoms. The Balaban J connectivity index is 0.000000108. The molecule has 4 aromatic heterocycles. The van der Waals surface area contributed by atoms with Crippen LogP contribution >= 0.6 is 11.3 Å². The fourth-order valence-corrected chi connectivity index (χ4v) is 22.1. The van der Waals surface area contributed by atoms with E-state index >= 15 is 0 Å². The zero-order valence-corrected chi connectivity index (χ0v) is 77.5. The average Bonchev–Trinajstić information content (AvgIpc) is 1.28. The first-order valence-corrected chi connectivity index (χ1v) is 48.4.